The summed E-state index contributed by atoms with van der Waals surface area (Å²) in [6.45, 7) is 3.81. The number of hydrogen-bond donors (Lipinski definition) is 2. The minimum Gasteiger partial charge on any atom is -0.480 e. The van der Waals surface area contributed by atoms with Crippen molar-refractivity contribution in [3.63, 3.8) is 0 Å². The molecule has 0 amide bonds. The molecule has 76 valence electrons. The largest absolute Gasteiger partial charge is 0.480 e. The average Bonchev–Trinajstić information content (AvgIpc) is 2.16. The highest BCUT2D eigenvalue weighted by atomic mass is 16.4. The molecule has 0 spiro atoms. The molecular weight excluding hydrogens is 178 g/mol. The normalized spacial score (nSPS) is 14.8. The Labute approximate surface area is 83.6 Å². The van der Waals surface area contributed by atoms with Gasteiger partial charge in [0.25, 0.3) is 0 Å². The Morgan fingerprint density at radius 2 is 1.86 bits per heavy atom. The monoisotopic (exact) mass is 193 g/mol. The number of carboxylic acids is 1. The first kappa shape index (κ1) is 10.7. The zero-order valence-electron chi connectivity index (χ0n) is 8.40. The number of carbonyl (C=O) groups is 1. The summed E-state index contributed by atoms with van der Waals surface area (Å²) in [7, 11) is 0. The molecule has 0 saturated carbocycles. The SMILES string of the molecule is Cc1ccc(C(C)[C@H](N)C(=O)O)cc1. The molecule has 0 aliphatic heterocycles. The summed E-state index contributed by atoms with van der Waals surface area (Å²) in [6, 6.07) is 6.92. The number of carboxylic acid groups (broad SMARTS) is 1. The standard InChI is InChI=1S/C11H15NO2/c1-7-3-5-9(6-4-7)8(2)10(12)11(13)14/h3-6,8,10H,12H2,1-2H3,(H,13,14)/t8?,10-/m0/s1. The van der Waals surface area contributed by atoms with Crippen molar-refractivity contribution in [2.75, 3.05) is 0 Å². The molecular formula is C11H15NO2. The van der Waals surface area contributed by atoms with Crippen LogP contribution in [0.25, 0.3) is 0 Å². The fourth-order valence-corrected chi connectivity index (χ4v) is 1.29. The molecule has 3 N–H and O–H groups in total. The number of nitrogens with two attached hydrogens (primary N) is 1. The molecule has 14 heavy (non-hydrogen) atoms. The summed E-state index contributed by atoms with van der Waals surface area (Å²) in [5.74, 6) is -1.12. The maximum atomic E-state index is 10.7. The summed E-state index contributed by atoms with van der Waals surface area (Å²) in [5.41, 5.74) is 7.65. The Morgan fingerprint density at radius 3 is 2.29 bits per heavy atom. The molecule has 0 aliphatic carbocycles. The predicted octanol–water partition coefficient (Wildman–Crippen LogP) is 1.51. The van der Waals surface area contributed by atoms with Crippen molar-refractivity contribution in [2.24, 2.45) is 5.73 Å². The molecule has 0 fully saturated rings. The van der Waals surface area contributed by atoms with Crippen LogP contribution in [0.3, 0.4) is 0 Å². The smallest absolute Gasteiger partial charge is 0.321 e. The summed E-state index contributed by atoms with van der Waals surface area (Å²) in [5, 5.41) is 8.74. The van der Waals surface area contributed by atoms with E-state index in [4.69, 9.17) is 10.8 Å². The first-order chi connectivity index (χ1) is 6.52. The van der Waals surface area contributed by atoms with Crippen LogP contribution in [0, 0.1) is 6.92 Å². The van der Waals surface area contributed by atoms with Crippen LogP contribution in [0.15, 0.2) is 24.3 Å². The van der Waals surface area contributed by atoms with Gasteiger partial charge in [-0.05, 0) is 12.5 Å². The zero-order valence-corrected chi connectivity index (χ0v) is 8.40. The van der Waals surface area contributed by atoms with Crippen molar-refractivity contribution in [3.05, 3.63) is 35.4 Å². The van der Waals surface area contributed by atoms with E-state index in [0.29, 0.717) is 0 Å². The van der Waals surface area contributed by atoms with Gasteiger partial charge in [0.1, 0.15) is 6.04 Å². The maximum absolute atomic E-state index is 10.7. The lowest BCUT2D eigenvalue weighted by Crippen LogP contribution is -2.35. The van der Waals surface area contributed by atoms with Crippen molar-refractivity contribution >= 4 is 5.97 Å². The summed E-state index contributed by atoms with van der Waals surface area (Å²) >= 11 is 0. The van der Waals surface area contributed by atoms with Crippen molar-refractivity contribution < 1.29 is 9.90 Å². The molecule has 1 aromatic rings. The predicted molar refractivity (Wildman–Crippen MR) is 55.2 cm³/mol. The van der Waals surface area contributed by atoms with E-state index in [1.165, 1.54) is 0 Å². The van der Waals surface area contributed by atoms with Crippen LogP contribution < -0.4 is 5.73 Å². The van der Waals surface area contributed by atoms with Gasteiger partial charge >= 0.3 is 5.97 Å². The van der Waals surface area contributed by atoms with Crippen molar-refractivity contribution in [2.45, 2.75) is 25.8 Å². The fraction of sp³-hybridized carbons (Fsp3) is 0.364. The highest BCUT2D eigenvalue weighted by molar-refractivity contribution is 5.74. The third-order valence-electron chi connectivity index (χ3n) is 2.43. The van der Waals surface area contributed by atoms with Gasteiger partial charge in [-0.15, -0.1) is 0 Å². The van der Waals surface area contributed by atoms with Crippen LogP contribution in [0.1, 0.15) is 24.0 Å². The Morgan fingerprint density at radius 1 is 1.36 bits per heavy atom. The third kappa shape index (κ3) is 2.33. The van der Waals surface area contributed by atoms with Gasteiger partial charge in [-0.3, -0.25) is 4.79 Å². The van der Waals surface area contributed by atoms with Crippen LogP contribution in [-0.2, 0) is 4.79 Å². The molecule has 1 rings (SSSR count). The maximum Gasteiger partial charge on any atom is 0.321 e. The van der Waals surface area contributed by atoms with E-state index in [1.807, 2.05) is 38.1 Å². The van der Waals surface area contributed by atoms with Gasteiger partial charge in [0.15, 0.2) is 0 Å². The second-order valence-corrected chi connectivity index (χ2v) is 3.56. The number of benzene rings is 1. The van der Waals surface area contributed by atoms with Gasteiger partial charge in [-0.2, -0.15) is 0 Å². The van der Waals surface area contributed by atoms with Gasteiger partial charge < -0.3 is 10.8 Å². The average molecular weight is 193 g/mol. The number of aliphatic carboxylic acids is 1. The van der Waals surface area contributed by atoms with Gasteiger partial charge in [-0.1, -0.05) is 36.8 Å². The Hall–Kier alpha value is -1.35. The van der Waals surface area contributed by atoms with Crippen LogP contribution >= 0.6 is 0 Å². The first-order valence-electron chi connectivity index (χ1n) is 4.57. The van der Waals surface area contributed by atoms with Crippen LogP contribution in [-0.4, -0.2) is 17.1 Å². The lowest BCUT2D eigenvalue weighted by Gasteiger charge is -2.16. The molecule has 0 bridgehead atoms. The number of hydrogen-bond acceptors (Lipinski definition) is 2. The van der Waals surface area contributed by atoms with E-state index in [1.54, 1.807) is 0 Å². The van der Waals surface area contributed by atoms with Crippen molar-refractivity contribution in [3.8, 4) is 0 Å². The molecule has 0 heterocycles. The van der Waals surface area contributed by atoms with E-state index in [0.717, 1.165) is 11.1 Å². The summed E-state index contributed by atoms with van der Waals surface area (Å²) < 4.78 is 0. The van der Waals surface area contributed by atoms with Crippen molar-refractivity contribution in [1.82, 2.24) is 0 Å². The minimum atomic E-state index is -0.960. The number of aryl methyl sites for hydroxylation is 1. The van der Waals surface area contributed by atoms with Gasteiger partial charge in [0.05, 0.1) is 0 Å². The quantitative estimate of drug-likeness (QED) is 0.764. The van der Waals surface area contributed by atoms with Crippen LogP contribution in [0.4, 0.5) is 0 Å². The molecule has 0 saturated heterocycles. The molecule has 1 unspecified atom stereocenters. The lowest BCUT2D eigenvalue weighted by atomic mass is 9.93. The Kier molecular flexibility index (Phi) is 3.25. The molecule has 0 aromatic heterocycles. The van der Waals surface area contributed by atoms with E-state index >= 15 is 0 Å². The van der Waals surface area contributed by atoms with Gasteiger partial charge in [0, 0.05) is 5.92 Å². The van der Waals surface area contributed by atoms with E-state index < -0.39 is 12.0 Å². The minimum absolute atomic E-state index is 0.159. The Bertz CT molecular complexity index is 319. The van der Waals surface area contributed by atoms with Gasteiger partial charge in [0.2, 0.25) is 0 Å². The molecule has 1 aromatic carbocycles. The van der Waals surface area contributed by atoms with E-state index in [-0.39, 0.29) is 5.92 Å². The van der Waals surface area contributed by atoms with Crippen LogP contribution in [0.2, 0.25) is 0 Å². The molecule has 3 heteroatoms. The second kappa shape index (κ2) is 4.24. The van der Waals surface area contributed by atoms with E-state index in [9.17, 15) is 4.79 Å². The lowest BCUT2D eigenvalue weighted by molar-refractivity contribution is -0.139. The molecule has 0 radical (unpaired) electrons. The molecule has 3 nitrogen and oxygen atoms in total. The van der Waals surface area contributed by atoms with Gasteiger partial charge in [-0.25, -0.2) is 0 Å². The first-order valence-corrected chi connectivity index (χ1v) is 4.57. The van der Waals surface area contributed by atoms with Crippen molar-refractivity contribution in [1.29, 1.82) is 0 Å². The Balaban J connectivity index is 2.84. The fourth-order valence-electron chi connectivity index (χ4n) is 1.29. The summed E-state index contributed by atoms with van der Waals surface area (Å²) in [4.78, 5) is 10.7. The van der Waals surface area contributed by atoms with E-state index in [2.05, 4.69) is 0 Å². The molecule has 2 atom stereocenters. The second-order valence-electron chi connectivity index (χ2n) is 3.56. The topological polar surface area (TPSA) is 63.3 Å². The summed E-state index contributed by atoms with van der Waals surface area (Å²) in [6.07, 6.45) is 0. The molecule has 0 aliphatic rings. The highest BCUT2D eigenvalue weighted by Crippen LogP contribution is 2.18. The van der Waals surface area contributed by atoms with Crippen LogP contribution in [0.5, 0.6) is 0 Å². The number of rotatable bonds is 3. The third-order valence-corrected chi connectivity index (χ3v) is 2.43. The zero-order chi connectivity index (χ0) is 10.7. The highest BCUT2D eigenvalue weighted by Gasteiger charge is 2.20.